The van der Waals surface area contributed by atoms with Gasteiger partial charge in [0, 0.05) is 24.2 Å². The van der Waals surface area contributed by atoms with Crippen molar-refractivity contribution in [3.8, 4) is 0 Å². The molecule has 1 fully saturated rings. The number of aromatic nitrogens is 2. The zero-order valence-electron chi connectivity index (χ0n) is 8.89. The van der Waals surface area contributed by atoms with E-state index in [1.807, 2.05) is 24.5 Å². The number of fused-ring (bicyclic) bond motifs is 1. The Morgan fingerprint density at radius 1 is 1.56 bits per heavy atom. The Kier molecular flexibility index (Phi) is 2.22. The fourth-order valence-electron chi connectivity index (χ4n) is 2.29. The largest absolute Gasteiger partial charge is 0.316 e. The quantitative estimate of drug-likeness (QED) is 0.766. The molecule has 2 aromatic heterocycles. The molecule has 3 rings (SSSR count). The van der Waals surface area contributed by atoms with E-state index in [0.29, 0.717) is 11.5 Å². The van der Waals surface area contributed by atoms with Crippen molar-refractivity contribution >= 4 is 11.8 Å². The Bertz CT molecular complexity index is 526. The Balaban J connectivity index is 2.09. The first-order chi connectivity index (χ1) is 7.88. The van der Waals surface area contributed by atoms with Gasteiger partial charge < -0.3 is 9.72 Å². The van der Waals surface area contributed by atoms with Gasteiger partial charge in [-0.1, -0.05) is 0 Å². The zero-order chi connectivity index (χ0) is 11.0. The van der Waals surface area contributed by atoms with Gasteiger partial charge in [0.05, 0.1) is 11.7 Å². The third-order valence-electron chi connectivity index (χ3n) is 3.15. The summed E-state index contributed by atoms with van der Waals surface area (Å²) in [6.07, 6.45) is 5.76. The van der Waals surface area contributed by atoms with Crippen molar-refractivity contribution in [2.45, 2.75) is 12.3 Å². The summed E-state index contributed by atoms with van der Waals surface area (Å²) in [6, 6.07) is 3.69. The number of aldehydes is 1. The van der Waals surface area contributed by atoms with Crippen LogP contribution in [0.1, 0.15) is 28.5 Å². The predicted octanol–water partition coefficient (Wildman–Crippen LogP) is 1.22. The van der Waals surface area contributed by atoms with E-state index < -0.39 is 0 Å². The number of imidazole rings is 1. The van der Waals surface area contributed by atoms with Gasteiger partial charge in [0.1, 0.15) is 12.1 Å². The molecule has 1 unspecified atom stereocenters. The highest BCUT2D eigenvalue weighted by Crippen LogP contribution is 2.22. The molecule has 0 aliphatic carbocycles. The molecule has 0 amide bonds. The van der Waals surface area contributed by atoms with Crippen LogP contribution in [0.25, 0.3) is 5.52 Å². The van der Waals surface area contributed by atoms with E-state index in [-0.39, 0.29) is 0 Å². The summed E-state index contributed by atoms with van der Waals surface area (Å²) in [7, 11) is 0. The number of nitrogens with zero attached hydrogens (tertiary/aromatic N) is 2. The van der Waals surface area contributed by atoms with Crippen molar-refractivity contribution in [3.63, 3.8) is 0 Å². The van der Waals surface area contributed by atoms with Crippen molar-refractivity contribution in [1.82, 2.24) is 14.7 Å². The standard InChI is InChI=1S/C12H13N3O/c16-8-9-2-4-15-11(5-9)7-14-12(15)10-1-3-13-6-10/h2,4-5,7-8,10,13H,1,3,6H2. The molecule has 0 aromatic carbocycles. The molecule has 0 spiro atoms. The van der Waals surface area contributed by atoms with Crippen LogP contribution >= 0.6 is 0 Å². The lowest BCUT2D eigenvalue weighted by molar-refractivity contribution is 0.112. The van der Waals surface area contributed by atoms with E-state index >= 15 is 0 Å². The molecule has 0 radical (unpaired) electrons. The molecule has 1 saturated heterocycles. The van der Waals surface area contributed by atoms with Crippen LogP contribution < -0.4 is 5.32 Å². The average Bonchev–Trinajstić information content (AvgIpc) is 2.96. The second-order valence-corrected chi connectivity index (χ2v) is 4.18. The molecule has 0 saturated carbocycles. The van der Waals surface area contributed by atoms with Crippen molar-refractivity contribution in [3.05, 3.63) is 35.9 Å². The topological polar surface area (TPSA) is 46.4 Å². The van der Waals surface area contributed by atoms with E-state index in [2.05, 4.69) is 14.7 Å². The highest BCUT2D eigenvalue weighted by atomic mass is 16.1. The smallest absolute Gasteiger partial charge is 0.150 e. The lowest BCUT2D eigenvalue weighted by atomic mass is 10.1. The molecule has 1 atom stereocenters. The van der Waals surface area contributed by atoms with Crippen LogP contribution in [-0.4, -0.2) is 28.8 Å². The van der Waals surface area contributed by atoms with Crippen LogP contribution in [0, 0.1) is 0 Å². The van der Waals surface area contributed by atoms with Crippen LogP contribution in [0.2, 0.25) is 0 Å². The SMILES string of the molecule is O=Cc1ccn2c(C3CCNC3)ncc2c1. The summed E-state index contributed by atoms with van der Waals surface area (Å²) in [5, 5.41) is 3.34. The van der Waals surface area contributed by atoms with Gasteiger partial charge in [0.2, 0.25) is 0 Å². The second-order valence-electron chi connectivity index (χ2n) is 4.18. The Labute approximate surface area is 93.3 Å². The highest BCUT2D eigenvalue weighted by molar-refractivity contribution is 5.77. The molecule has 82 valence electrons. The molecule has 1 N–H and O–H groups in total. The lowest BCUT2D eigenvalue weighted by Gasteiger charge is -2.07. The summed E-state index contributed by atoms with van der Waals surface area (Å²) < 4.78 is 2.07. The molecule has 0 bridgehead atoms. The monoisotopic (exact) mass is 215 g/mol. The lowest BCUT2D eigenvalue weighted by Crippen LogP contribution is -2.10. The molecule has 3 heterocycles. The first-order valence-electron chi connectivity index (χ1n) is 5.51. The van der Waals surface area contributed by atoms with Crippen LogP contribution in [0.15, 0.2) is 24.5 Å². The van der Waals surface area contributed by atoms with Crippen molar-refractivity contribution < 1.29 is 4.79 Å². The molecule has 4 heteroatoms. The predicted molar refractivity (Wildman–Crippen MR) is 60.8 cm³/mol. The highest BCUT2D eigenvalue weighted by Gasteiger charge is 2.20. The van der Waals surface area contributed by atoms with Gasteiger partial charge >= 0.3 is 0 Å². The van der Waals surface area contributed by atoms with Gasteiger partial charge in [-0.25, -0.2) is 4.98 Å². The normalized spacial score (nSPS) is 20.4. The van der Waals surface area contributed by atoms with Crippen molar-refractivity contribution in [2.75, 3.05) is 13.1 Å². The summed E-state index contributed by atoms with van der Waals surface area (Å²) in [5.74, 6) is 1.59. The van der Waals surface area contributed by atoms with E-state index in [1.54, 1.807) is 0 Å². The number of nitrogens with one attached hydrogen (secondary N) is 1. The van der Waals surface area contributed by atoms with E-state index in [1.165, 1.54) is 0 Å². The molecule has 2 aromatic rings. The number of hydrogen-bond acceptors (Lipinski definition) is 3. The van der Waals surface area contributed by atoms with Crippen LogP contribution in [0.5, 0.6) is 0 Å². The van der Waals surface area contributed by atoms with Gasteiger partial charge in [-0.2, -0.15) is 0 Å². The minimum Gasteiger partial charge on any atom is -0.316 e. The summed E-state index contributed by atoms with van der Waals surface area (Å²) in [5.41, 5.74) is 1.69. The van der Waals surface area contributed by atoms with Crippen LogP contribution in [0.4, 0.5) is 0 Å². The molecular formula is C12H13N3O. The van der Waals surface area contributed by atoms with Crippen molar-refractivity contribution in [1.29, 1.82) is 0 Å². The summed E-state index contributed by atoms with van der Waals surface area (Å²) in [4.78, 5) is 15.1. The van der Waals surface area contributed by atoms with E-state index in [0.717, 1.165) is 37.1 Å². The molecule has 4 nitrogen and oxygen atoms in total. The van der Waals surface area contributed by atoms with Gasteiger partial charge in [0.25, 0.3) is 0 Å². The zero-order valence-corrected chi connectivity index (χ0v) is 8.89. The van der Waals surface area contributed by atoms with Gasteiger partial charge in [-0.05, 0) is 25.1 Å². The summed E-state index contributed by atoms with van der Waals surface area (Å²) in [6.45, 7) is 2.06. The first kappa shape index (κ1) is 9.54. The van der Waals surface area contributed by atoms with Gasteiger partial charge in [-0.3, -0.25) is 4.79 Å². The van der Waals surface area contributed by atoms with Crippen LogP contribution in [-0.2, 0) is 0 Å². The summed E-state index contributed by atoms with van der Waals surface area (Å²) >= 11 is 0. The number of rotatable bonds is 2. The van der Waals surface area contributed by atoms with Gasteiger partial charge in [0.15, 0.2) is 0 Å². The third kappa shape index (κ3) is 1.42. The third-order valence-corrected chi connectivity index (χ3v) is 3.15. The van der Waals surface area contributed by atoms with E-state index in [9.17, 15) is 4.79 Å². The maximum Gasteiger partial charge on any atom is 0.150 e. The van der Waals surface area contributed by atoms with Crippen LogP contribution in [0.3, 0.4) is 0 Å². The fraction of sp³-hybridized carbons (Fsp3) is 0.333. The number of carbonyl (C=O) groups is 1. The van der Waals surface area contributed by atoms with E-state index in [4.69, 9.17) is 0 Å². The number of pyridine rings is 1. The number of hydrogen-bond donors (Lipinski definition) is 1. The van der Waals surface area contributed by atoms with Crippen molar-refractivity contribution in [2.24, 2.45) is 0 Å². The maximum absolute atomic E-state index is 10.7. The Hall–Kier alpha value is -1.68. The number of carbonyl (C=O) groups excluding carboxylic acids is 1. The first-order valence-corrected chi connectivity index (χ1v) is 5.51. The second kappa shape index (κ2) is 3.72. The molecular weight excluding hydrogens is 202 g/mol. The average molecular weight is 215 g/mol. The minimum absolute atomic E-state index is 0.490. The Morgan fingerprint density at radius 3 is 3.25 bits per heavy atom. The van der Waals surface area contributed by atoms with Gasteiger partial charge in [-0.15, -0.1) is 0 Å². The molecule has 16 heavy (non-hydrogen) atoms. The maximum atomic E-state index is 10.7. The minimum atomic E-state index is 0.490. The Morgan fingerprint density at radius 2 is 2.50 bits per heavy atom. The molecule has 1 aliphatic heterocycles. The fourth-order valence-corrected chi connectivity index (χ4v) is 2.29. The molecule has 1 aliphatic rings.